The van der Waals surface area contributed by atoms with Crippen molar-refractivity contribution in [2.45, 2.75) is 25.3 Å². The minimum Gasteiger partial charge on any atom is -0.365 e. The van der Waals surface area contributed by atoms with Crippen molar-refractivity contribution in [3.63, 3.8) is 0 Å². The van der Waals surface area contributed by atoms with E-state index in [1.807, 2.05) is 24.5 Å². The van der Waals surface area contributed by atoms with Gasteiger partial charge in [0, 0.05) is 35.6 Å². The van der Waals surface area contributed by atoms with Crippen LogP contribution in [-0.2, 0) is 6.42 Å². The maximum Gasteiger partial charge on any atom is 0.156 e. The first-order valence-electron chi connectivity index (χ1n) is 7.30. The van der Waals surface area contributed by atoms with Gasteiger partial charge in [0.25, 0.3) is 0 Å². The molecule has 2 aromatic heterocycles. The minimum atomic E-state index is 0.578. The molecular weight excluding hydrogens is 260 g/mol. The third kappa shape index (κ3) is 2.57. The minimum absolute atomic E-state index is 0.578. The second kappa shape index (κ2) is 5.13. The van der Waals surface area contributed by atoms with Gasteiger partial charge in [0.05, 0.1) is 5.69 Å². The highest BCUT2D eigenvalue weighted by Gasteiger charge is 2.22. The molecule has 0 aliphatic heterocycles. The highest BCUT2D eigenvalue weighted by atomic mass is 15.2. The summed E-state index contributed by atoms with van der Waals surface area (Å²) in [5, 5.41) is 14.7. The van der Waals surface area contributed by atoms with Crippen LogP contribution in [0, 0.1) is 0 Å². The molecule has 0 unspecified atom stereocenters. The zero-order chi connectivity index (χ0) is 14.1. The monoisotopic (exact) mass is 276 g/mol. The summed E-state index contributed by atoms with van der Waals surface area (Å²) in [4.78, 5) is 4.06. The Balaban J connectivity index is 1.75. The number of hydrogen-bond donors (Lipinski definition) is 1. The molecule has 1 N–H and O–H groups in total. The molecule has 0 radical (unpaired) electrons. The van der Waals surface area contributed by atoms with Gasteiger partial charge in [-0.25, -0.2) is 0 Å². The van der Waals surface area contributed by atoms with Gasteiger partial charge in [-0.3, -0.25) is 4.98 Å². The second-order valence-electron chi connectivity index (χ2n) is 5.49. The zero-order valence-electron chi connectivity index (χ0n) is 11.7. The van der Waals surface area contributed by atoms with E-state index in [1.165, 1.54) is 23.8 Å². The number of anilines is 1. The Morgan fingerprint density at radius 2 is 1.71 bits per heavy atom. The van der Waals surface area contributed by atoms with Crippen LogP contribution in [0.2, 0.25) is 0 Å². The number of fused-ring (bicyclic) bond motifs is 1. The Morgan fingerprint density at radius 3 is 2.48 bits per heavy atom. The first kappa shape index (κ1) is 12.3. The van der Waals surface area contributed by atoms with Gasteiger partial charge in [-0.1, -0.05) is 24.3 Å². The Hall–Kier alpha value is -2.49. The molecule has 1 aliphatic rings. The van der Waals surface area contributed by atoms with Crippen molar-refractivity contribution < 1.29 is 0 Å². The molecule has 0 spiro atoms. The van der Waals surface area contributed by atoms with E-state index in [4.69, 9.17) is 0 Å². The number of pyridine rings is 1. The maximum absolute atomic E-state index is 4.45. The number of hydrogen-bond acceptors (Lipinski definition) is 4. The third-order valence-corrected chi connectivity index (χ3v) is 3.80. The van der Waals surface area contributed by atoms with E-state index in [0.29, 0.717) is 6.04 Å². The molecule has 4 rings (SSSR count). The number of rotatable bonds is 4. The van der Waals surface area contributed by atoms with Crippen LogP contribution in [-0.4, -0.2) is 21.2 Å². The zero-order valence-corrected chi connectivity index (χ0v) is 11.7. The molecule has 1 fully saturated rings. The molecule has 1 saturated carbocycles. The average Bonchev–Trinajstić information content (AvgIpc) is 3.35. The van der Waals surface area contributed by atoms with Crippen LogP contribution in [0.25, 0.3) is 10.8 Å². The van der Waals surface area contributed by atoms with Gasteiger partial charge in [-0.2, -0.15) is 5.10 Å². The van der Waals surface area contributed by atoms with E-state index >= 15 is 0 Å². The predicted molar refractivity (Wildman–Crippen MR) is 83.2 cm³/mol. The first-order valence-corrected chi connectivity index (χ1v) is 7.30. The lowest BCUT2D eigenvalue weighted by Crippen LogP contribution is -2.07. The summed E-state index contributed by atoms with van der Waals surface area (Å²) in [5.41, 5.74) is 2.21. The van der Waals surface area contributed by atoms with Crippen LogP contribution in [0.4, 0.5) is 5.82 Å². The molecule has 0 saturated heterocycles. The van der Waals surface area contributed by atoms with Crippen molar-refractivity contribution in [1.29, 1.82) is 0 Å². The molecule has 0 amide bonds. The van der Waals surface area contributed by atoms with Crippen LogP contribution in [0.15, 0.2) is 48.8 Å². The van der Waals surface area contributed by atoms with Crippen molar-refractivity contribution in [3.8, 4) is 0 Å². The number of nitrogens with zero attached hydrogens (tertiary/aromatic N) is 3. The van der Waals surface area contributed by atoms with Crippen molar-refractivity contribution in [2.24, 2.45) is 0 Å². The van der Waals surface area contributed by atoms with Gasteiger partial charge >= 0.3 is 0 Å². The van der Waals surface area contributed by atoms with E-state index in [-0.39, 0.29) is 0 Å². The highest BCUT2D eigenvalue weighted by molar-refractivity contribution is 5.93. The van der Waals surface area contributed by atoms with Crippen LogP contribution < -0.4 is 5.32 Å². The van der Waals surface area contributed by atoms with Gasteiger partial charge < -0.3 is 5.32 Å². The lowest BCUT2D eigenvalue weighted by Gasteiger charge is -2.10. The Morgan fingerprint density at radius 1 is 0.952 bits per heavy atom. The van der Waals surface area contributed by atoms with Crippen LogP contribution in [0.1, 0.15) is 24.1 Å². The number of benzene rings is 1. The molecule has 2 heterocycles. The summed E-state index contributed by atoms with van der Waals surface area (Å²) >= 11 is 0. The summed E-state index contributed by atoms with van der Waals surface area (Å²) in [5.74, 6) is 0.909. The van der Waals surface area contributed by atoms with Gasteiger partial charge in [-0.05, 0) is 30.5 Å². The van der Waals surface area contributed by atoms with Crippen LogP contribution >= 0.6 is 0 Å². The second-order valence-corrected chi connectivity index (χ2v) is 5.49. The number of aromatic nitrogens is 3. The quantitative estimate of drug-likeness (QED) is 0.795. The largest absolute Gasteiger partial charge is 0.365 e. The number of nitrogens with one attached hydrogen (secondary N) is 1. The summed E-state index contributed by atoms with van der Waals surface area (Å²) < 4.78 is 0. The molecular formula is C17H16N4. The lowest BCUT2D eigenvalue weighted by atomic mass is 10.1. The summed E-state index contributed by atoms with van der Waals surface area (Å²) in [6.45, 7) is 0. The molecule has 21 heavy (non-hydrogen) atoms. The van der Waals surface area contributed by atoms with E-state index in [1.54, 1.807) is 0 Å². The van der Waals surface area contributed by atoms with Gasteiger partial charge in [0.15, 0.2) is 5.82 Å². The van der Waals surface area contributed by atoms with Crippen molar-refractivity contribution >= 4 is 16.6 Å². The summed E-state index contributed by atoms with van der Waals surface area (Å²) in [6.07, 6.45) is 6.87. The van der Waals surface area contributed by atoms with E-state index in [9.17, 15) is 0 Å². The van der Waals surface area contributed by atoms with Crippen LogP contribution in [0.5, 0.6) is 0 Å². The topological polar surface area (TPSA) is 50.7 Å². The van der Waals surface area contributed by atoms with Gasteiger partial charge in [0.2, 0.25) is 0 Å². The van der Waals surface area contributed by atoms with E-state index in [0.717, 1.165) is 23.3 Å². The van der Waals surface area contributed by atoms with Gasteiger partial charge in [0.1, 0.15) is 0 Å². The molecule has 1 aromatic carbocycles. The third-order valence-electron chi connectivity index (χ3n) is 3.80. The lowest BCUT2D eigenvalue weighted by molar-refractivity contribution is 0.946. The van der Waals surface area contributed by atoms with Crippen LogP contribution in [0.3, 0.4) is 0 Å². The Kier molecular flexibility index (Phi) is 2.99. The molecule has 1 aliphatic carbocycles. The Labute approximate surface area is 123 Å². The first-order chi connectivity index (χ1) is 10.4. The Bertz CT molecular complexity index is 766. The fourth-order valence-electron chi connectivity index (χ4n) is 2.51. The SMILES string of the molecule is c1ccc2c(NC3CC3)nnc(Cc3ccncc3)c2c1. The van der Waals surface area contributed by atoms with Crippen molar-refractivity contribution in [2.75, 3.05) is 5.32 Å². The molecule has 4 heteroatoms. The maximum atomic E-state index is 4.45. The normalized spacial score (nSPS) is 14.3. The van der Waals surface area contributed by atoms with Crippen molar-refractivity contribution in [3.05, 3.63) is 60.0 Å². The predicted octanol–water partition coefficient (Wildman–Crippen LogP) is 3.19. The highest BCUT2D eigenvalue weighted by Crippen LogP contribution is 2.29. The molecule has 0 atom stereocenters. The fraction of sp³-hybridized carbons (Fsp3) is 0.235. The standard InChI is InChI=1S/C17H16N4/c1-2-4-15-14(3-1)16(11-12-7-9-18-10-8-12)20-21-17(15)19-13-5-6-13/h1-4,7-10,13H,5-6,11H2,(H,19,21). The van der Waals surface area contributed by atoms with E-state index < -0.39 is 0 Å². The molecule has 4 nitrogen and oxygen atoms in total. The molecule has 3 aromatic rings. The van der Waals surface area contributed by atoms with Gasteiger partial charge in [-0.15, -0.1) is 5.10 Å². The van der Waals surface area contributed by atoms with E-state index in [2.05, 4.69) is 44.8 Å². The smallest absolute Gasteiger partial charge is 0.156 e. The fourth-order valence-corrected chi connectivity index (χ4v) is 2.51. The molecule has 0 bridgehead atoms. The average molecular weight is 276 g/mol. The molecule has 104 valence electrons. The summed E-state index contributed by atoms with van der Waals surface area (Å²) in [7, 11) is 0. The van der Waals surface area contributed by atoms with Crippen molar-refractivity contribution in [1.82, 2.24) is 15.2 Å². The summed E-state index contributed by atoms with van der Waals surface area (Å²) in [6, 6.07) is 13.0.